The van der Waals surface area contributed by atoms with Crippen LogP contribution >= 0.6 is 0 Å². The third-order valence-corrected chi connectivity index (χ3v) is 5.77. The van der Waals surface area contributed by atoms with Gasteiger partial charge in [0.15, 0.2) is 0 Å². The highest BCUT2D eigenvalue weighted by atomic mass is 16.6. The van der Waals surface area contributed by atoms with Gasteiger partial charge in [0.05, 0.1) is 17.7 Å². The van der Waals surface area contributed by atoms with E-state index in [9.17, 15) is 28.8 Å². The van der Waals surface area contributed by atoms with Crippen LogP contribution in [0.4, 0.5) is 4.79 Å². The number of hydrogen-bond acceptors (Lipinski definition) is 8. The molecule has 2 aliphatic rings. The summed E-state index contributed by atoms with van der Waals surface area (Å²) >= 11 is 0. The molecule has 0 radical (unpaired) electrons. The fraction of sp³-hybridized carbons (Fsp3) is 0.520. The van der Waals surface area contributed by atoms with Crippen molar-refractivity contribution in [2.75, 3.05) is 13.2 Å². The summed E-state index contributed by atoms with van der Waals surface area (Å²) in [7, 11) is 0. The number of amides is 5. The van der Waals surface area contributed by atoms with E-state index in [-0.39, 0.29) is 43.0 Å². The van der Waals surface area contributed by atoms with Crippen molar-refractivity contribution in [2.45, 2.75) is 65.1 Å². The van der Waals surface area contributed by atoms with Crippen molar-refractivity contribution in [1.82, 2.24) is 15.1 Å². The van der Waals surface area contributed by atoms with Crippen molar-refractivity contribution in [3.05, 3.63) is 35.4 Å². The number of nitrogens with one attached hydrogen (secondary N) is 1. The van der Waals surface area contributed by atoms with E-state index in [1.807, 2.05) is 0 Å². The number of rotatable bonds is 7. The number of alkyl carbamates (subject to hydrolysis) is 1. The minimum absolute atomic E-state index is 0.0225. The summed E-state index contributed by atoms with van der Waals surface area (Å²) in [5.74, 6) is -3.42. The zero-order chi connectivity index (χ0) is 26.8. The van der Waals surface area contributed by atoms with Crippen molar-refractivity contribution >= 4 is 35.7 Å². The van der Waals surface area contributed by atoms with Crippen molar-refractivity contribution < 1.29 is 38.2 Å². The Balaban J connectivity index is 1.62. The van der Waals surface area contributed by atoms with Crippen LogP contribution in [0.5, 0.6) is 0 Å². The summed E-state index contributed by atoms with van der Waals surface area (Å²) in [6.07, 6.45) is -0.801. The van der Waals surface area contributed by atoms with Gasteiger partial charge in [0.2, 0.25) is 5.91 Å². The number of benzene rings is 1. The fourth-order valence-corrected chi connectivity index (χ4v) is 4.05. The summed E-state index contributed by atoms with van der Waals surface area (Å²) < 4.78 is 10.4. The normalized spacial score (nSPS) is 18.9. The second kappa shape index (κ2) is 10.5. The lowest BCUT2D eigenvalue weighted by Crippen LogP contribution is -2.56. The highest BCUT2D eigenvalue weighted by molar-refractivity contribution is 6.23. The summed E-state index contributed by atoms with van der Waals surface area (Å²) in [5, 5.41) is 2.48. The molecule has 2 heterocycles. The van der Waals surface area contributed by atoms with Crippen molar-refractivity contribution in [1.29, 1.82) is 0 Å². The minimum Gasteiger partial charge on any atom is -0.462 e. The molecule has 0 bridgehead atoms. The molecule has 3 rings (SSSR count). The third-order valence-electron chi connectivity index (χ3n) is 5.77. The molecule has 0 aromatic heterocycles. The van der Waals surface area contributed by atoms with Gasteiger partial charge in [0.1, 0.15) is 24.3 Å². The fourth-order valence-electron chi connectivity index (χ4n) is 4.05. The number of imide groups is 2. The monoisotopic (exact) mass is 501 g/mol. The summed E-state index contributed by atoms with van der Waals surface area (Å²) in [4.78, 5) is 77.6. The van der Waals surface area contributed by atoms with Crippen LogP contribution in [0.3, 0.4) is 0 Å². The number of hydrogen-bond donors (Lipinski definition) is 1. The van der Waals surface area contributed by atoms with Gasteiger partial charge in [-0.2, -0.15) is 0 Å². The number of piperidine rings is 1. The molecule has 1 unspecified atom stereocenters. The Morgan fingerprint density at radius 2 is 1.64 bits per heavy atom. The maximum Gasteiger partial charge on any atom is 0.408 e. The van der Waals surface area contributed by atoms with E-state index in [4.69, 9.17) is 9.47 Å². The minimum atomic E-state index is -1.12. The Morgan fingerprint density at radius 1 is 1.06 bits per heavy atom. The van der Waals surface area contributed by atoms with Crippen molar-refractivity contribution in [3.8, 4) is 0 Å². The molecule has 5 amide bonds. The van der Waals surface area contributed by atoms with E-state index in [0.29, 0.717) is 0 Å². The quantitative estimate of drug-likeness (QED) is 0.441. The first kappa shape index (κ1) is 26.8. The van der Waals surface area contributed by atoms with Crippen LogP contribution in [0.15, 0.2) is 24.3 Å². The van der Waals surface area contributed by atoms with E-state index in [0.717, 1.165) is 9.80 Å². The number of esters is 1. The van der Waals surface area contributed by atoms with Crippen LogP contribution in [0.2, 0.25) is 0 Å². The molecule has 2 atom stereocenters. The Hall–Kier alpha value is -3.76. The maximum absolute atomic E-state index is 13.1. The topological polar surface area (TPSA) is 139 Å². The van der Waals surface area contributed by atoms with Gasteiger partial charge < -0.3 is 14.8 Å². The molecule has 36 heavy (non-hydrogen) atoms. The first-order valence-corrected chi connectivity index (χ1v) is 11.8. The summed E-state index contributed by atoms with van der Waals surface area (Å²) in [6, 6.07) is 4.16. The average Bonchev–Trinajstić information content (AvgIpc) is 3.03. The molecule has 0 saturated carbocycles. The molecule has 0 aliphatic carbocycles. The number of fused-ring (bicyclic) bond motifs is 1. The van der Waals surface area contributed by atoms with Crippen LogP contribution in [-0.2, 0) is 23.9 Å². The summed E-state index contributed by atoms with van der Waals surface area (Å²) in [6.45, 7) is 7.94. The Kier molecular flexibility index (Phi) is 7.80. The lowest BCUT2D eigenvalue weighted by molar-refractivity contribution is -0.156. The van der Waals surface area contributed by atoms with Crippen LogP contribution in [0, 0.1) is 5.92 Å². The zero-order valence-electron chi connectivity index (χ0n) is 21.0. The van der Waals surface area contributed by atoms with Gasteiger partial charge in [-0.25, -0.2) is 9.59 Å². The van der Waals surface area contributed by atoms with Crippen molar-refractivity contribution in [2.24, 2.45) is 5.92 Å². The van der Waals surface area contributed by atoms with E-state index in [1.165, 1.54) is 12.1 Å². The number of carbonyl (C=O) groups excluding carboxylic acids is 6. The van der Waals surface area contributed by atoms with Gasteiger partial charge in [0, 0.05) is 6.42 Å². The molecular formula is C25H31N3O8. The highest BCUT2D eigenvalue weighted by Crippen LogP contribution is 2.29. The first-order chi connectivity index (χ1) is 16.8. The highest BCUT2D eigenvalue weighted by Gasteiger charge is 2.46. The number of likely N-dealkylation sites (tertiary alicyclic amines) is 1. The average molecular weight is 502 g/mol. The predicted octanol–water partition coefficient (Wildman–Crippen LogP) is 1.89. The van der Waals surface area contributed by atoms with Gasteiger partial charge in [-0.3, -0.25) is 29.0 Å². The molecule has 1 aromatic carbocycles. The Labute approximate surface area is 209 Å². The van der Waals surface area contributed by atoms with E-state index >= 15 is 0 Å². The van der Waals surface area contributed by atoms with Crippen LogP contribution in [-0.4, -0.2) is 76.3 Å². The molecule has 11 heteroatoms. The molecule has 2 aliphatic heterocycles. The zero-order valence-corrected chi connectivity index (χ0v) is 21.0. The molecular weight excluding hydrogens is 470 g/mol. The molecule has 194 valence electrons. The summed E-state index contributed by atoms with van der Waals surface area (Å²) in [5.41, 5.74) is -0.324. The van der Waals surface area contributed by atoms with E-state index < -0.39 is 53.4 Å². The smallest absolute Gasteiger partial charge is 0.408 e. The van der Waals surface area contributed by atoms with Gasteiger partial charge in [-0.15, -0.1) is 0 Å². The molecule has 1 saturated heterocycles. The predicted molar refractivity (Wildman–Crippen MR) is 126 cm³/mol. The molecule has 0 spiro atoms. The largest absolute Gasteiger partial charge is 0.462 e. The van der Waals surface area contributed by atoms with E-state index in [2.05, 4.69) is 5.32 Å². The standard InChI is InChI=1S/C25H31N3O8/c1-14(2)19(26-24(34)36-25(3,4)5)23(33)35-13-12-27-18(29)11-10-17(22(27)32)28-20(30)15-8-6-7-9-16(15)21(28)31/h6-9,14,17,19H,10-13H2,1-5H3,(H,26,34)/t17?,19-/m0/s1. The van der Waals surface area contributed by atoms with Crippen LogP contribution in [0.1, 0.15) is 68.2 Å². The third kappa shape index (κ3) is 5.72. The Bertz CT molecular complexity index is 1060. The lowest BCUT2D eigenvalue weighted by Gasteiger charge is -2.34. The van der Waals surface area contributed by atoms with Gasteiger partial charge in [0.25, 0.3) is 17.7 Å². The van der Waals surface area contributed by atoms with Crippen LogP contribution in [0.25, 0.3) is 0 Å². The second-order valence-corrected chi connectivity index (χ2v) is 10.00. The number of nitrogens with zero attached hydrogens (tertiary/aromatic N) is 2. The maximum atomic E-state index is 13.1. The lowest BCUT2D eigenvalue weighted by atomic mass is 10.0. The van der Waals surface area contributed by atoms with Crippen molar-refractivity contribution in [3.63, 3.8) is 0 Å². The van der Waals surface area contributed by atoms with E-state index in [1.54, 1.807) is 46.8 Å². The second-order valence-electron chi connectivity index (χ2n) is 10.00. The molecule has 1 fully saturated rings. The van der Waals surface area contributed by atoms with Gasteiger partial charge >= 0.3 is 12.1 Å². The number of carbonyl (C=O) groups is 6. The van der Waals surface area contributed by atoms with Gasteiger partial charge in [-0.05, 0) is 45.2 Å². The molecule has 11 nitrogen and oxygen atoms in total. The first-order valence-electron chi connectivity index (χ1n) is 11.8. The SMILES string of the molecule is CC(C)[C@H](NC(=O)OC(C)(C)C)C(=O)OCCN1C(=O)CCC(N2C(=O)c3ccccc3C2=O)C1=O. The Morgan fingerprint density at radius 3 is 2.17 bits per heavy atom. The molecule has 1 N–H and O–H groups in total. The van der Waals surface area contributed by atoms with Crippen LogP contribution < -0.4 is 5.32 Å². The number of ether oxygens (including phenoxy) is 2. The molecule has 1 aromatic rings. The van der Waals surface area contributed by atoms with Gasteiger partial charge in [-0.1, -0.05) is 26.0 Å².